The van der Waals surface area contributed by atoms with Crippen molar-refractivity contribution in [2.45, 2.75) is 32.4 Å². The molecule has 1 aromatic rings. The van der Waals surface area contributed by atoms with Crippen molar-refractivity contribution < 1.29 is 9.90 Å². The SMILES string of the molecule is CC1CN(C)CCCN1Cc1ccccc1CC(=O)O. The van der Waals surface area contributed by atoms with Crippen LogP contribution in [0.2, 0.25) is 0 Å². The Labute approximate surface area is 121 Å². The quantitative estimate of drug-likeness (QED) is 0.911. The predicted octanol–water partition coefficient (Wildman–Crippen LogP) is 1.84. The second kappa shape index (κ2) is 6.86. The summed E-state index contributed by atoms with van der Waals surface area (Å²) in [5.41, 5.74) is 2.08. The number of carbonyl (C=O) groups is 1. The largest absolute Gasteiger partial charge is 0.481 e. The van der Waals surface area contributed by atoms with Crippen LogP contribution in [0.5, 0.6) is 0 Å². The van der Waals surface area contributed by atoms with E-state index in [1.165, 1.54) is 6.42 Å². The van der Waals surface area contributed by atoms with E-state index in [-0.39, 0.29) is 6.42 Å². The Morgan fingerprint density at radius 1 is 1.30 bits per heavy atom. The molecular formula is C16H24N2O2. The molecule has 1 unspecified atom stereocenters. The molecule has 0 aromatic heterocycles. The van der Waals surface area contributed by atoms with E-state index >= 15 is 0 Å². The molecule has 1 fully saturated rings. The summed E-state index contributed by atoms with van der Waals surface area (Å²) in [5, 5.41) is 9.01. The van der Waals surface area contributed by atoms with E-state index in [2.05, 4.69) is 29.8 Å². The first kappa shape index (κ1) is 15.0. The second-order valence-electron chi connectivity index (χ2n) is 5.77. The van der Waals surface area contributed by atoms with Crippen molar-refractivity contribution in [1.29, 1.82) is 0 Å². The Bertz CT molecular complexity index is 462. The van der Waals surface area contributed by atoms with E-state index in [1.54, 1.807) is 0 Å². The molecule has 0 bridgehead atoms. The Kier molecular flexibility index (Phi) is 5.15. The lowest BCUT2D eigenvalue weighted by Gasteiger charge is -2.28. The minimum absolute atomic E-state index is 0.109. The van der Waals surface area contributed by atoms with Crippen molar-refractivity contribution in [1.82, 2.24) is 9.80 Å². The van der Waals surface area contributed by atoms with Crippen LogP contribution in [0.25, 0.3) is 0 Å². The average Bonchev–Trinajstić information content (AvgIpc) is 2.53. The third-order valence-corrected chi connectivity index (χ3v) is 4.02. The molecular weight excluding hydrogens is 252 g/mol. The summed E-state index contributed by atoms with van der Waals surface area (Å²) in [5.74, 6) is -0.763. The highest BCUT2D eigenvalue weighted by atomic mass is 16.4. The topological polar surface area (TPSA) is 43.8 Å². The smallest absolute Gasteiger partial charge is 0.307 e. The van der Waals surface area contributed by atoms with E-state index in [1.807, 2.05) is 18.2 Å². The monoisotopic (exact) mass is 276 g/mol. The van der Waals surface area contributed by atoms with Gasteiger partial charge in [-0.2, -0.15) is 0 Å². The van der Waals surface area contributed by atoms with Crippen LogP contribution in [0, 0.1) is 0 Å². The van der Waals surface area contributed by atoms with Gasteiger partial charge in [-0.1, -0.05) is 24.3 Å². The fourth-order valence-corrected chi connectivity index (χ4v) is 2.92. The van der Waals surface area contributed by atoms with Gasteiger partial charge in [-0.3, -0.25) is 9.69 Å². The number of benzene rings is 1. The molecule has 110 valence electrons. The predicted molar refractivity (Wildman–Crippen MR) is 79.8 cm³/mol. The van der Waals surface area contributed by atoms with Crippen LogP contribution in [0.1, 0.15) is 24.5 Å². The Hall–Kier alpha value is -1.39. The number of rotatable bonds is 4. The third-order valence-electron chi connectivity index (χ3n) is 4.02. The first-order chi connectivity index (χ1) is 9.56. The number of hydrogen-bond acceptors (Lipinski definition) is 3. The van der Waals surface area contributed by atoms with Gasteiger partial charge in [0.05, 0.1) is 6.42 Å². The summed E-state index contributed by atoms with van der Waals surface area (Å²) in [6, 6.07) is 8.40. The molecule has 1 atom stereocenters. The van der Waals surface area contributed by atoms with Crippen molar-refractivity contribution >= 4 is 5.97 Å². The van der Waals surface area contributed by atoms with E-state index in [4.69, 9.17) is 5.11 Å². The summed E-state index contributed by atoms with van der Waals surface area (Å²) in [4.78, 5) is 15.8. The Balaban J connectivity index is 2.10. The van der Waals surface area contributed by atoms with Gasteiger partial charge >= 0.3 is 5.97 Å². The van der Waals surface area contributed by atoms with Gasteiger partial charge in [0.15, 0.2) is 0 Å². The van der Waals surface area contributed by atoms with Crippen LogP contribution in [0.3, 0.4) is 0 Å². The summed E-state index contributed by atoms with van der Waals surface area (Å²) in [7, 11) is 2.17. The minimum atomic E-state index is -0.763. The molecule has 4 nitrogen and oxygen atoms in total. The summed E-state index contributed by atoms with van der Waals surface area (Å²) < 4.78 is 0. The molecule has 2 rings (SSSR count). The normalized spacial score (nSPS) is 21.6. The van der Waals surface area contributed by atoms with Crippen LogP contribution in [0.4, 0.5) is 0 Å². The lowest BCUT2D eigenvalue weighted by molar-refractivity contribution is -0.136. The van der Waals surface area contributed by atoms with Crippen molar-refractivity contribution in [2.75, 3.05) is 26.7 Å². The number of carboxylic acids is 1. The molecule has 1 heterocycles. The van der Waals surface area contributed by atoms with E-state index in [0.29, 0.717) is 6.04 Å². The lowest BCUT2D eigenvalue weighted by Crippen LogP contribution is -2.37. The number of carboxylic acid groups (broad SMARTS) is 1. The maximum atomic E-state index is 11.0. The van der Waals surface area contributed by atoms with Gasteiger partial charge in [0.2, 0.25) is 0 Å². The zero-order valence-electron chi connectivity index (χ0n) is 12.4. The highest BCUT2D eigenvalue weighted by Crippen LogP contribution is 2.17. The van der Waals surface area contributed by atoms with Crippen molar-refractivity contribution in [3.8, 4) is 0 Å². The van der Waals surface area contributed by atoms with E-state index in [9.17, 15) is 4.79 Å². The molecule has 1 aliphatic heterocycles. The fourth-order valence-electron chi connectivity index (χ4n) is 2.92. The maximum Gasteiger partial charge on any atom is 0.307 e. The Morgan fingerprint density at radius 3 is 2.70 bits per heavy atom. The number of likely N-dealkylation sites (N-methyl/N-ethyl adjacent to an activating group) is 1. The van der Waals surface area contributed by atoms with Crippen LogP contribution < -0.4 is 0 Å². The molecule has 1 aliphatic rings. The van der Waals surface area contributed by atoms with Gasteiger partial charge in [0.25, 0.3) is 0 Å². The van der Waals surface area contributed by atoms with Crippen LogP contribution in [0.15, 0.2) is 24.3 Å². The zero-order chi connectivity index (χ0) is 14.5. The molecule has 0 spiro atoms. The van der Waals surface area contributed by atoms with Crippen LogP contribution in [-0.2, 0) is 17.8 Å². The highest BCUT2D eigenvalue weighted by Gasteiger charge is 2.20. The molecule has 4 heteroatoms. The average molecular weight is 276 g/mol. The summed E-state index contributed by atoms with van der Waals surface area (Å²) in [6.07, 6.45) is 1.28. The molecule has 1 aromatic carbocycles. The second-order valence-corrected chi connectivity index (χ2v) is 5.77. The van der Waals surface area contributed by atoms with Crippen molar-refractivity contribution in [3.63, 3.8) is 0 Å². The van der Waals surface area contributed by atoms with E-state index in [0.717, 1.165) is 37.3 Å². The molecule has 0 aliphatic carbocycles. The first-order valence-corrected chi connectivity index (χ1v) is 7.27. The van der Waals surface area contributed by atoms with Gasteiger partial charge in [-0.25, -0.2) is 0 Å². The zero-order valence-corrected chi connectivity index (χ0v) is 12.4. The number of aliphatic carboxylic acids is 1. The van der Waals surface area contributed by atoms with Crippen molar-refractivity contribution in [3.05, 3.63) is 35.4 Å². The summed E-state index contributed by atoms with van der Waals surface area (Å²) in [6.45, 7) is 6.38. The first-order valence-electron chi connectivity index (χ1n) is 7.27. The van der Waals surface area contributed by atoms with Gasteiger partial charge in [-0.15, -0.1) is 0 Å². The maximum absolute atomic E-state index is 11.0. The lowest BCUT2D eigenvalue weighted by atomic mass is 10.0. The molecule has 1 saturated heterocycles. The fraction of sp³-hybridized carbons (Fsp3) is 0.562. The van der Waals surface area contributed by atoms with Gasteiger partial charge in [0.1, 0.15) is 0 Å². The third kappa shape index (κ3) is 4.05. The van der Waals surface area contributed by atoms with Gasteiger partial charge in [0, 0.05) is 25.7 Å². The molecule has 0 amide bonds. The van der Waals surface area contributed by atoms with Gasteiger partial charge < -0.3 is 10.0 Å². The van der Waals surface area contributed by atoms with Crippen LogP contribution in [-0.4, -0.2) is 53.6 Å². The van der Waals surface area contributed by atoms with E-state index < -0.39 is 5.97 Å². The van der Waals surface area contributed by atoms with Crippen LogP contribution >= 0.6 is 0 Å². The molecule has 1 N–H and O–H groups in total. The standard InChI is InChI=1S/C16H24N2O2/c1-13-11-17(2)8-5-9-18(13)12-15-7-4-3-6-14(15)10-16(19)20/h3-4,6-7,13H,5,8-12H2,1-2H3,(H,19,20). The van der Waals surface area contributed by atoms with Crippen molar-refractivity contribution in [2.24, 2.45) is 0 Å². The van der Waals surface area contributed by atoms with Gasteiger partial charge in [-0.05, 0) is 38.1 Å². The Morgan fingerprint density at radius 2 is 2.00 bits per heavy atom. The number of nitrogens with zero attached hydrogens (tertiary/aromatic N) is 2. The summed E-state index contributed by atoms with van der Waals surface area (Å²) >= 11 is 0. The molecule has 0 saturated carbocycles. The highest BCUT2D eigenvalue weighted by molar-refractivity contribution is 5.70. The minimum Gasteiger partial charge on any atom is -0.481 e. The number of hydrogen-bond donors (Lipinski definition) is 1. The molecule has 20 heavy (non-hydrogen) atoms. The molecule has 0 radical (unpaired) electrons.